The van der Waals surface area contributed by atoms with Gasteiger partial charge in [-0.25, -0.2) is 0 Å². The first-order valence-electron chi connectivity index (χ1n) is 7.96. The summed E-state index contributed by atoms with van der Waals surface area (Å²) in [5.41, 5.74) is 0. The van der Waals surface area contributed by atoms with E-state index in [-0.39, 0.29) is 0 Å². The number of unbranched alkanes of at least 4 members (excludes halogenated alkanes) is 3. The summed E-state index contributed by atoms with van der Waals surface area (Å²) in [5, 5.41) is 0. The molecule has 0 aliphatic rings. The standard InChI is InChI=1S/C16H35N/c1-5-8-10-14-17(13-9-6-2)15-11-12-16(4)7-3/h16H,5-15H2,1-4H3. The Morgan fingerprint density at radius 3 is 1.94 bits per heavy atom. The zero-order valence-corrected chi connectivity index (χ0v) is 12.8. The number of hydrogen-bond acceptors (Lipinski definition) is 1. The van der Waals surface area contributed by atoms with E-state index in [2.05, 4.69) is 32.6 Å². The lowest BCUT2D eigenvalue weighted by molar-refractivity contribution is 0.252. The van der Waals surface area contributed by atoms with Crippen molar-refractivity contribution in [1.29, 1.82) is 0 Å². The molecule has 1 unspecified atom stereocenters. The van der Waals surface area contributed by atoms with Gasteiger partial charge in [0.1, 0.15) is 0 Å². The molecular weight excluding hydrogens is 206 g/mol. The molecule has 104 valence electrons. The average molecular weight is 241 g/mol. The highest BCUT2D eigenvalue weighted by Gasteiger charge is 2.05. The maximum atomic E-state index is 2.70. The smallest absolute Gasteiger partial charge is 0.00186 e. The summed E-state index contributed by atoms with van der Waals surface area (Å²) in [6, 6.07) is 0. The molecular formula is C16H35N. The van der Waals surface area contributed by atoms with Crippen molar-refractivity contribution in [3.63, 3.8) is 0 Å². The van der Waals surface area contributed by atoms with Crippen LogP contribution in [0.1, 0.15) is 79.1 Å². The Morgan fingerprint density at radius 2 is 1.35 bits per heavy atom. The highest BCUT2D eigenvalue weighted by Crippen LogP contribution is 2.11. The van der Waals surface area contributed by atoms with E-state index in [1.165, 1.54) is 71.0 Å². The molecule has 0 N–H and O–H groups in total. The van der Waals surface area contributed by atoms with Crippen LogP contribution in [0, 0.1) is 5.92 Å². The van der Waals surface area contributed by atoms with Crippen molar-refractivity contribution in [2.45, 2.75) is 79.1 Å². The van der Waals surface area contributed by atoms with Crippen LogP contribution < -0.4 is 0 Å². The minimum atomic E-state index is 0.915. The van der Waals surface area contributed by atoms with Crippen molar-refractivity contribution in [3.8, 4) is 0 Å². The Labute approximate surface area is 110 Å². The van der Waals surface area contributed by atoms with Crippen molar-refractivity contribution >= 4 is 0 Å². The van der Waals surface area contributed by atoms with Gasteiger partial charge in [-0.2, -0.15) is 0 Å². The summed E-state index contributed by atoms with van der Waals surface area (Å²) in [5.74, 6) is 0.915. The first-order valence-corrected chi connectivity index (χ1v) is 7.96. The number of hydrogen-bond donors (Lipinski definition) is 0. The molecule has 0 radical (unpaired) electrons. The van der Waals surface area contributed by atoms with Gasteiger partial charge < -0.3 is 4.90 Å². The zero-order chi connectivity index (χ0) is 12.9. The molecule has 0 aliphatic heterocycles. The molecule has 17 heavy (non-hydrogen) atoms. The highest BCUT2D eigenvalue weighted by molar-refractivity contribution is 4.60. The monoisotopic (exact) mass is 241 g/mol. The summed E-state index contributed by atoms with van der Waals surface area (Å²) in [6.45, 7) is 13.3. The largest absolute Gasteiger partial charge is 0.303 e. The predicted octanol–water partition coefficient (Wildman–Crippen LogP) is 5.11. The number of nitrogens with zero attached hydrogens (tertiary/aromatic N) is 1. The third-order valence-corrected chi connectivity index (χ3v) is 3.77. The second kappa shape index (κ2) is 12.4. The van der Waals surface area contributed by atoms with Crippen LogP contribution in [0.4, 0.5) is 0 Å². The van der Waals surface area contributed by atoms with Gasteiger partial charge in [0, 0.05) is 0 Å². The summed E-state index contributed by atoms with van der Waals surface area (Å²) in [7, 11) is 0. The van der Waals surface area contributed by atoms with Crippen molar-refractivity contribution < 1.29 is 0 Å². The van der Waals surface area contributed by atoms with Gasteiger partial charge in [-0.1, -0.05) is 53.4 Å². The predicted molar refractivity (Wildman–Crippen MR) is 79.6 cm³/mol. The van der Waals surface area contributed by atoms with E-state index in [1.807, 2.05) is 0 Å². The van der Waals surface area contributed by atoms with Gasteiger partial charge in [0.05, 0.1) is 0 Å². The van der Waals surface area contributed by atoms with Crippen molar-refractivity contribution in [3.05, 3.63) is 0 Å². The minimum Gasteiger partial charge on any atom is -0.303 e. The summed E-state index contributed by atoms with van der Waals surface area (Å²) < 4.78 is 0. The Bertz CT molecular complexity index is 144. The topological polar surface area (TPSA) is 3.24 Å². The second-order valence-electron chi connectivity index (χ2n) is 5.56. The molecule has 0 rings (SSSR count). The quantitative estimate of drug-likeness (QED) is 0.429. The van der Waals surface area contributed by atoms with E-state index in [0.29, 0.717) is 0 Å². The molecule has 1 heteroatoms. The zero-order valence-electron chi connectivity index (χ0n) is 12.8. The van der Waals surface area contributed by atoms with Gasteiger partial charge in [-0.05, 0) is 51.2 Å². The SMILES string of the molecule is CCCCCN(CCCC)CCCC(C)CC. The fourth-order valence-corrected chi connectivity index (χ4v) is 2.17. The van der Waals surface area contributed by atoms with Crippen LogP contribution in [0.15, 0.2) is 0 Å². The maximum Gasteiger partial charge on any atom is -0.00186 e. The van der Waals surface area contributed by atoms with E-state index in [9.17, 15) is 0 Å². The van der Waals surface area contributed by atoms with Crippen molar-refractivity contribution in [1.82, 2.24) is 4.90 Å². The van der Waals surface area contributed by atoms with Crippen LogP contribution in [0.3, 0.4) is 0 Å². The van der Waals surface area contributed by atoms with E-state index in [0.717, 1.165) is 5.92 Å². The Balaban J connectivity index is 3.67. The molecule has 0 bridgehead atoms. The normalized spacial score (nSPS) is 13.2. The van der Waals surface area contributed by atoms with E-state index < -0.39 is 0 Å². The first kappa shape index (κ1) is 17.0. The van der Waals surface area contributed by atoms with Gasteiger partial charge in [0.25, 0.3) is 0 Å². The van der Waals surface area contributed by atoms with Gasteiger partial charge in [0.2, 0.25) is 0 Å². The summed E-state index contributed by atoms with van der Waals surface area (Å²) in [4.78, 5) is 2.70. The van der Waals surface area contributed by atoms with Gasteiger partial charge in [0.15, 0.2) is 0 Å². The van der Waals surface area contributed by atoms with Gasteiger partial charge >= 0.3 is 0 Å². The van der Waals surface area contributed by atoms with Crippen LogP contribution in [0.5, 0.6) is 0 Å². The molecule has 0 aliphatic carbocycles. The first-order chi connectivity index (χ1) is 8.24. The van der Waals surface area contributed by atoms with E-state index >= 15 is 0 Å². The van der Waals surface area contributed by atoms with E-state index in [4.69, 9.17) is 0 Å². The second-order valence-corrected chi connectivity index (χ2v) is 5.56. The van der Waals surface area contributed by atoms with Crippen LogP contribution in [0.2, 0.25) is 0 Å². The third kappa shape index (κ3) is 10.8. The Hall–Kier alpha value is -0.0400. The fourth-order valence-electron chi connectivity index (χ4n) is 2.17. The highest BCUT2D eigenvalue weighted by atomic mass is 15.1. The molecule has 1 nitrogen and oxygen atoms in total. The molecule has 0 fully saturated rings. The maximum absolute atomic E-state index is 2.70. The van der Waals surface area contributed by atoms with Crippen molar-refractivity contribution in [2.24, 2.45) is 5.92 Å². The minimum absolute atomic E-state index is 0.915. The molecule has 0 spiro atoms. The molecule has 0 saturated carbocycles. The van der Waals surface area contributed by atoms with E-state index in [1.54, 1.807) is 0 Å². The summed E-state index contributed by atoms with van der Waals surface area (Å²) >= 11 is 0. The molecule has 0 saturated heterocycles. The molecule has 0 aromatic rings. The van der Waals surface area contributed by atoms with Crippen LogP contribution >= 0.6 is 0 Å². The van der Waals surface area contributed by atoms with Crippen molar-refractivity contribution in [2.75, 3.05) is 19.6 Å². The third-order valence-electron chi connectivity index (χ3n) is 3.77. The molecule has 1 atom stereocenters. The van der Waals surface area contributed by atoms with Gasteiger partial charge in [-0.15, -0.1) is 0 Å². The summed E-state index contributed by atoms with van der Waals surface area (Å²) in [6.07, 6.45) is 11.0. The van der Waals surface area contributed by atoms with Crippen LogP contribution in [-0.4, -0.2) is 24.5 Å². The lowest BCUT2D eigenvalue weighted by Gasteiger charge is -2.22. The van der Waals surface area contributed by atoms with Gasteiger partial charge in [-0.3, -0.25) is 0 Å². The molecule has 0 amide bonds. The van der Waals surface area contributed by atoms with Crippen LogP contribution in [0.25, 0.3) is 0 Å². The lowest BCUT2D eigenvalue weighted by atomic mass is 10.0. The Morgan fingerprint density at radius 1 is 0.765 bits per heavy atom. The lowest BCUT2D eigenvalue weighted by Crippen LogP contribution is -2.27. The molecule has 0 heterocycles. The molecule has 0 aromatic carbocycles. The fraction of sp³-hybridized carbons (Fsp3) is 1.00. The average Bonchev–Trinajstić information content (AvgIpc) is 2.35. The number of rotatable bonds is 12. The Kier molecular flexibility index (Phi) is 12.4. The molecule has 0 aromatic heterocycles. The van der Waals surface area contributed by atoms with Crippen LogP contribution in [-0.2, 0) is 0 Å².